The van der Waals surface area contributed by atoms with E-state index in [1.807, 2.05) is 6.92 Å². The fourth-order valence-electron chi connectivity index (χ4n) is 1.88. The largest absolute Gasteiger partial charge is 0.454 e. The van der Waals surface area contributed by atoms with Gasteiger partial charge in [0.15, 0.2) is 5.75 Å². The van der Waals surface area contributed by atoms with E-state index in [2.05, 4.69) is 21.0 Å². The summed E-state index contributed by atoms with van der Waals surface area (Å²) in [5.74, 6) is 0.561. The van der Waals surface area contributed by atoms with Crippen LogP contribution in [0.4, 0.5) is 13.2 Å². The minimum Gasteiger partial charge on any atom is -0.454 e. The second-order valence-electron chi connectivity index (χ2n) is 4.49. The van der Waals surface area contributed by atoms with Gasteiger partial charge in [-0.1, -0.05) is 28.9 Å². The summed E-state index contributed by atoms with van der Waals surface area (Å²) in [5, 5.41) is 4.20. The van der Waals surface area contributed by atoms with Crippen LogP contribution in [-0.4, -0.2) is 9.78 Å². The molecule has 0 unspecified atom stereocenters. The highest BCUT2D eigenvalue weighted by Gasteiger charge is 2.33. The van der Waals surface area contributed by atoms with Crippen molar-refractivity contribution in [2.75, 3.05) is 0 Å². The van der Waals surface area contributed by atoms with Gasteiger partial charge in [-0.05, 0) is 24.1 Å². The molecule has 0 fully saturated rings. The molecule has 0 aliphatic rings. The van der Waals surface area contributed by atoms with E-state index in [1.165, 1.54) is 18.3 Å². The third kappa shape index (κ3) is 4.00. The van der Waals surface area contributed by atoms with Crippen molar-refractivity contribution in [3.63, 3.8) is 0 Å². The first-order chi connectivity index (χ1) is 9.94. The lowest BCUT2D eigenvalue weighted by atomic mass is 10.1. The minimum atomic E-state index is -4.41. The Hall–Kier alpha value is -1.50. The number of alkyl halides is 4. The molecule has 0 N–H and O–H groups in total. The van der Waals surface area contributed by atoms with Gasteiger partial charge in [0.2, 0.25) is 0 Å². The normalized spacial score (nSPS) is 11.7. The van der Waals surface area contributed by atoms with E-state index in [4.69, 9.17) is 4.74 Å². The number of hydrogen-bond acceptors (Lipinski definition) is 2. The molecule has 0 saturated carbocycles. The van der Waals surface area contributed by atoms with Crippen LogP contribution in [0.25, 0.3) is 0 Å². The summed E-state index contributed by atoms with van der Waals surface area (Å²) in [6.45, 7) is 2.75. The first kappa shape index (κ1) is 15.9. The molecule has 3 nitrogen and oxygen atoms in total. The van der Waals surface area contributed by atoms with E-state index in [1.54, 1.807) is 10.9 Å². The summed E-state index contributed by atoms with van der Waals surface area (Å²) in [5.41, 5.74) is -0.519. The van der Waals surface area contributed by atoms with Crippen LogP contribution in [-0.2, 0) is 18.1 Å². The number of aryl methyl sites for hydroxylation is 1. The van der Waals surface area contributed by atoms with E-state index in [0.717, 1.165) is 19.0 Å². The zero-order valence-corrected chi connectivity index (χ0v) is 12.9. The van der Waals surface area contributed by atoms with E-state index in [-0.39, 0.29) is 16.6 Å². The number of rotatable bonds is 5. The summed E-state index contributed by atoms with van der Waals surface area (Å²) in [7, 11) is 0. The highest BCUT2D eigenvalue weighted by molar-refractivity contribution is 9.08. The van der Waals surface area contributed by atoms with Crippen LogP contribution in [0.15, 0.2) is 30.6 Å². The van der Waals surface area contributed by atoms with Gasteiger partial charge >= 0.3 is 6.18 Å². The van der Waals surface area contributed by atoms with Gasteiger partial charge in [-0.3, -0.25) is 4.68 Å². The van der Waals surface area contributed by atoms with Crippen molar-refractivity contribution in [2.45, 2.75) is 31.4 Å². The Labute approximate surface area is 128 Å². The molecule has 0 bridgehead atoms. The van der Waals surface area contributed by atoms with Crippen molar-refractivity contribution in [2.24, 2.45) is 0 Å². The van der Waals surface area contributed by atoms with Gasteiger partial charge in [0.25, 0.3) is 0 Å². The third-order valence-corrected chi connectivity index (χ3v) is 3.43. The molecule has 0 amide bonds. The van der Waals surface area contributed by atoms with Crippen LogP contribution >= 0.6 is 15.9 Å². The van der Waals surface area contributed by atoms with Gasteiger partial charge in [0, 0.05) is 11.9 Å². The van der Waals surface area contributed by atoms with Crippen LogP contribution in [0, 0.1) is 0 Å². The Balaban J connectivity index is 2.24. The smallest absolute Gasteiger partial charge is 0.416 e. The number of hydrogen-bond donors (Lipinski definition) is 0. The Morgan fingerprint density at radius 3 is 2.67 bits per heavy atom. The van der Waals surface area contributed by atoms with Crippen LogP contribution in [0.2, 0.25) is 0 Å². The Morgan fingerprint density at radius 1 is 1.29 bits per heavy atom. The molecule has 2 aromatic rings. The fraction of sp³-hybridized carbons (Fsp3) is 0.357. The maximum atomic E-state index is 13.0. The van der Waals surface area contributed by atoms with E-state index < -0.39 is 11.7 Å². The minimum absolute atomic E-state index is 0.135. The molecule has 114 valence electrons. The zero-order chi connectivity index (χ0) is 15.5. The highest BCUT2D eigenvalue weighted by atomic mass is 79.9. The molecule has 0 spiro atoms. The van der Waals surface area contributed by atoms with Gasteiger partial charge in [0.1, 0.15) is 5.75 Å². The van der Waals surface area contributed by atoms with Crippen LogP contribution in [0.5, 0.6) is 11.5 Å². The third-order valence-electron chi connectivity index (χ3n) is 2.83. The predicted octanol–water partition coefficient (Wildman–Crippen LogP) is 5.00. The maximum Gasteiger partial charge on any atom is 0.416 e. The lowest BCUT2D eigenvalue weighted by Crippen LogP contribution is -2.08. The predicted molar refractivity (Wildman–Crippen MR) is 76.7 cm³/mol. The maximum absolute atomic E-state index is 13.0. The van der Waals surface area contributed by atoms with Gasteiger partial charge < -0.3 is 4.74 Å². The van der Waals surface area contributed by atoms with Gasteiger partial charge in [-0.2, -0.15) is 18.3 Å². The van der Waals surface area contributed by atoms with Crippen molar-refractivity contribution in [1.82, 2.24) is 9.78 Å². The number of benzene rings is 1. The van der Waals surface area contributed by atoms with Crippen LogP contribution < -0.4 is 4.74 Å². The highest BCUT2D eigenvalue weighted by Crippen LogP contribution is 2.36. The second-order valence-corrected chi connectivity index (χ2v) is 5.05. The molecular formula is C14H14BrF3N2O. The van der Waals surface area contributed by atoms with Gasteiger partial charge in [-0.15, -0.1) is 0 Å². The zero-order valence-electron chi connectivity index (χ0n) is 11.3. The second kappa shape index (κ2) is 6.51. The SMILES string of the molecule is CCCn1cc(Oc2ccc(CBr)c(C(F)(F)F)c2)cn1. The molecule has 2 rings (SSSR count). The van der Waals surface area contributed by atoms with E-state index in [0.29, 0.717) is 5.75 Å². The molecule has 0 radical (unpaired) electrons. The standard InChI is InChI=1S/C14H14BrF3N2O/c1-2-5-20-9-12(8-19-20)21-11-4-3-10(7-15)13(6-11)14(16,17)18/h3-4,6,8-9H,2,5,7H2,1H3. The monoisotopic (exact) mass is 362 g/mol. The summed E-state index contributed by atoms with van der Waals surface area (Å²) in [6, 6.07) is 3.93. The van der Waals surface area contributed by atoms with Crippen LogP contribution in [0.1, 0.15) is 24.5 Å². The quantitative estimate of drug-likeness (QED) is 0.699. The number of ether oxygens (including phenoxy) is 1. The average Bonchev–Trinajstić information content (AvgIpc) is 2.85. The molecule has 1 aromatic heterocycles. The van der Waals surface area contributed by atoms with E-state index in [9.17, 15) is 13.2 Å². The molecule has 1 heterocycles. The van der Waals surface area contributed by atoms with Crippen molar-refractivity contribution in [3.8, 4) is 11.5 Å². The van der Waals surface area contributed by atoms with Crippen molar-refractivity contribution in [3.05, 3.63) is 41.7 Å². The lowest BCUT2D eigenvalue weighted by Gasteiger charge is -2.13. The molecular weight excluding hydrogens is 349 g/mol. The summed E-state index contributed by atoms with van der Waals surface area (Å²) in [6.07, 6.45) is -0.343. The summed E-state index contributed by atoms with van der Waals surface area (Å²) in [4.78, 5) is 0. The molecule has 21 heavy (non-hydrogen) atoms. The summed E-state index contributed by atoms with van der Waals surface area (Å²) < 4.78 is 46.0. The lowest BCUT2D eigenvalue weighted by molar-refractivity contribution is -0.138. The van der Waals surface area contributed by atoms with E-state index >= 15 is 0 Å². The Bertz CT molecular complexity index is 611. The molecule has 1 aromatic carbocycles. The van der Waals surface area contributed by atoms with Crippen molar-refractivity contribution >= 4 is 15.9 Å². The fourth-order valence-corrected chi connectivity index (χ4v) is 2.37. The Kier molecular flexibility index (Phi) is 4.92. The summed E-state index contributed by atoms with van der Waals surface area (Å²) >= 11 is 3.06. The first-order valence-electron chi connectivity index (χ1n) is 6.40. The Morgan fingerprint density at radius 2 is 2.05 bits per heavy atom. The van der Waals surface area contributed by atoms with Gasteiger partial charge in [0.05, 0.1) is 18.0 Å². The molecule has 0 aliphatic heterocycles. The number of nitrogens with zero attached hydrogens (tertiary/aromatic N) is 2. The number of halogens is 4. The molecule has 0 aliphatic carbocycles. The average molecular weight is 363 g/mol. The number of aromatic nitrogens is 2. The van der Waals surface area contributed by atoms with Gasteiger partial charge in [-0.25, -0.2) is 0 Å². The van der Waals surface area contributed by atoms with Crippen molar-refractivity contribution < 1.29 is 17.9 Å². The first-order valence-corrected chi connectivity index (χ1v) is 7.52. The topological polar surface area (TPSA) is 27.1 Å². The van der Waals surface area contributed by atoms with Crippen molar-refractivity contribution in [1.29, 1.82) is 0 Å². The molecule has 0 atom stereocenters. The van der Waals surface area contributed by atoms with Crippen LogP contribution in [0.3, 0.4) is 0 Å². The molecule has 7 heteroatoms. The molecule has 0 saturated heterocycles.